The molecule has 0 aliphatic rings. The van der Waals surface area contributed by atoms with Crippen LogP contribution in [0.5, 0.6) is 0 Å². The number of nitriles is 2. The Morgan fingerprint density at radius 1 is 0.607 bits per heavy atom. The molecule has 0 amide bonds. The van der Waals surface area contributed by atoms with Crippen LogP contribution in [0.15, 0.2) is 84.9 Å². The Balaban J connectivity index is 1.59. The summed E-state index contributed by atoms with van der Waals surface area (Å²) >= 11 is 0. The van der Waals surface area contributed by atoms with Crippen LogP contribution in [0.2, 0.25) is 0 Å². The lowest BCUT2D eigenvalue weighted by atomic mass is 10.1. The second-order valence-electron chi connectivity index (χ2n) is 6.53. The first-order valence-electron chi connectivity index (χ1n) is 9.24. The number of hydrogen-bond donors (Lipinski definition) is 2. The molecule has 4 heteroatoms. The minimum atomic E-state index is -0.343. The molecular formula is C24H22N4. The van der Waals surface area contributed by atoms with E-state index in [1.54, 1.807) is 0 Å². The lowest BCUT2D eigenvalue weighted by Gasteiger charge is -2.14. The van der Waals surface area contributed by atoms with Gasteiger partial charge in [0.15, 0.2) is 0 Å². The minimum absolute atomic E-state index is 0.343. The summed E-state index contributed by atoms with van der Waals surface area (Å²) in [6.07, 6.45) is 0. The van der Waals surface area contributed by atoms with Crippen molar-refractivity contribution in [1.82, 2.24) is 10.6 Å². The van der Waals surface area contributed by atoms with E-state index < -0.39 is 0 Å². The van der Waals surface area contributed by atoms with E-state index in [1.165, 1.54) is 0 Å². The van der Waals surface area contributed by atoms with E-state index in [4.69, 9.17) is 0 Å². The van der Waals surface area contributed by atoms with Gasteiger partial charge in [0.05, 0.1) is 12.1 Å². The predicted molar refractivity (Wildman–Crippen MR) is 110 cm³/mol. The van der Waals surface area contributed by atoms with Crippen LogP contribution in [0.4, 0.5) is 0 Å². The zero-order chi connectivity index (χ0) is 19.6. The number of nitrogens with one attached hydrogen (secondary N) is 2. The quantitative estimate of drug-likeness (QED) is 0.620. The third kappa shape index (κ3) is 5.28. The number of hydrogen-bond acceptors (Lipinski definition) is 4. The van der Waals surface area contributed by atoms with Crippen LogP contribution in [-0.2, 0) is 13.1 Å². The van der Waals surface area contributed by atoms with Crippen molar-refractivity contribution in [2.45, 2.75) is 25.2 Å². The van der Waals surface area contributed by atoms with Gasteiger partial charge in [-0.2, -0.15) is 10.5 Å². The molecule has 0 heterocycles. The van der Waals surface area contributed by atoms with Crippen molar-refractivity contribution < 1.29 is 0 Å². The molecule has 0 aliphatic heterocycles. The highest BCUT2D eigenvalue weighted by Crippen LogP contribution is 2.15. The van der Waals surface area contributed by atoms with Gasteiger partial charge in [-0.05, 0) is 22.3 Å². The van der Waals surface area contributed by atoms with E-state index in [0.717, 1.165) is 22.3 Å². The van der Waals surface area contributed by atoms with Crippen molar-refractivity contribution in [3.63, 3.8) is 0 Å². The summed E-state index contributed by atoms with van der Waals surface area (Å²) in [6.45, 7) is 1.20. The van der Waals surface area contributed by atoms with Gasteiger partial charge >= 0.3 is 0 Å². The van der Waals surface area contributed by atoms with Crippen molar-refractivity contribution in [3.8, 4) is 12.1 Å². The monoisotopic (exact) mass is 366 g/mol. The molecule has 0 unspecified atom stereocenters. The standard InChI is InChI=1S/C24H22N4/c25-15-23(21-10-3-1-4-11-21)27-17-19-8-7-9-20(14-19)18-28-24(16-26)22-12-5-2-6-13-22/h1-14,23-24,27-28H,17-18H2/t23-,24-/m1/s1. The fraction of sp³-hybridized carbons (Fsp3) is 0.167. The van der Waals surface area contributed by atoms with Crippen molar-refractivity contribution in [2.75, 3.05) is 0 Å². The van der Waals surface area contributed by atoms with Gasteiger partial charge in [0.2, 0.25) is 0 Å². The highest BCUT2D eigenvalue weighted by molar-refractivity contribution is 5.28. The van der Waals surface area contributed by atoms with Gasteiger partial charge in [-0.15, -0.1) is 0 Å². The van der Waals surface area contributed by atoms with Gasteiger partial charge in [-0.3, -0.25) is 10.6 Å². The summed E-state index contributed by atoms with van der Waals surface area (Å²) in [4.78, 5) is 0. The number of nitrogens with zero attached hydrogens (tertiary/aromatic N) is 2. The van der Waals surface area contributed by atoms with Gasteiger partial charge in [-0.1, -0.05) is 84.9 Å². The third-order valence-electron chi connectivity index (χ3n) is 4.54. The molecule has 0 saturated heterocycles. The highest BCUT2D eigenvalue weighted by Gasteiger charge is 2.11. The SMILES string of the molecule is N#C[C@@H](NCc1cccc(CN[C@H](C#N)c2ccccc2)c1)c1ccccc1. The predicted octanol–water partition coefficient (Wildman–Crippen LogP) is 4.40. The first kappa shape index (κ1) is 19.3. The zero-order valence-corrected chi connectivity index (χ0v) is 15.5. The zero-order valence-electron chi connectivity index (χ0n) is 15.5. The maximum absolute atomic E-state index is 9.44. The molecule has 0 bridgehead atoms. The molecule has 2 atom stereocenters. The second-order valence-corrected chi connectivity index (χ2v) is 6.53. The number of benzene rings is 3. The molecule has 2 N–H and O–H groups in total. The van der Waals surface area contributed by atoms with Gasteiger partial charge in [0, 0.05) is 13.1 Å². The van der Waals surface area contributed by atoms with E-state index in [0.29, 0.717) is 13.1 Å². The summed E-state index contributed by atoms with van der Waals surface area (Å²) in [5.74, 6) is 0. The average Bonchev–Trinajstić information content (AvgIpc) is 2.76. The Labute approximate surface area is 166 Å². The third-order valence-corrected chi connectivity index (χ3v) is 4.54. The molecule has 3 aromatic carbocycles. The van der Waals surface area contributed by atoms with E-state index in [9.17, 15) is 10.5 Å². The van der Waals surface area contributed by atoms with Crippen LogP contribution < -0.4 is 10.6 Å². The molecule has 3 rings (SSSR count). The van der Waals surface area contributed by atoms with Crippen LogP contribution in [0.1, 0.15) is 34.3 Å². The Bertz CT molecular complexity index is 878. The van der Waals surface area contributed by atoms with Crippen molar-refractivity contribution in [2.24, 2.45) is 0 Å². The molecule has 0 spiro atoms. The molecule has 0 radical (unpaired) electrons. The highest BCUT2D eigenvalue weighted by atomic mass is 14.9. The lowest BCUT2D eigenvalue weighted by Crippen LogP contribution is -2.21. The fourth-order valence-corrected chi connectivity index (χ4v) is 3.06. The maximum Gasteiger partial charge on any atom is 0.121 e. The van der Waals surface area contributed by atoms with Crippen LogP contribution in [0.25, 0.3) is 0 Å². The van der Waals surface area contributed by atoms with Gasteiger partial charge in [0.25, 0.3) is 0 Å². The molecule has 138 valence electrons. The summed E-state index contributed by atoms with van der Waals surface area (Å²) in [5, 5.41) is 25.5. The van der Waals surface area contributed by atoms with Gasteiger partial charge < -0.3 is 0 Å². The maximum atomic E-state index is 9.44. The van der Waals surface area contributed by atoms with Crippen LogP contribution in [0, 0.1) is 22.7 Å². The second kappa shape index (κ2) is 10.0. The largest absolute Gasteiger partial charge is 0.294 e. The number of rotatable bonds is 8. The Morgan fingerprint density at radius 3 is 1.43 bits per heavy atom. The van der Waals surface area contributed by atoms with Gasteiger partial charge in [-0.25, -0.2) is 0 Å². The first-order valence-corrected chi connectivity index (χ1v) is 9.24. The normalized spacial score (nSPS) is 12.5. The van der Waals surface area contributed by atoms with Crippen LogP contribution in [-0.4, -0.2) is 0 Å². The Kier molecular flexibility index (Phi) is 6.93. The van der Waals surface area contributed by atoms with E-state index in [-0.39, 0.29) is 12.1 Å². The Hall–Kier alpha value is -3.44. The molecule has 0 aliphatic carbocycles. The molecule has 4 nitrogen and oxygen atoms in total. The molecule has 3 aromatic rings. The molecule has 28 heavy (non-hydrogen) atoms. The first-order chi connectivity index (χ1) is 13.8. The smallest absolute Gasteiger partial charge is 0.121 e. The fourth-order valence-electron chi connectivity index (χ4n) is 3.06. The van der Waals surface area contributed by atoms with E-state index in [1.807, 2.05) is 78.9 Å². The van der Waals surface area contributed by atoms with Crippen LogP contribution >= 0.6 is 0 Å². The topological polar surface area (TPSA) is 71.6 Å². The van der Waals surface area contributed by atoms with Crippen LogP contribution in [0.3, 0.4) is 0 Å². The van der Waals surface area contributed by atoms with Gasteiger partial charge in [0.1, 0.15) is 12.1 Å². The van der Waals surface area contributed by atoms with E-state index >= 15 is 0 Å². The van der Waals surface area contributed by atoms with Crippen molar-refractivity contribution >= 4 is 0 Å². The minimum Gasteiger partial charge on any atom is -0.294 e. The summed E-state index contributed by atoms with van der Waals surface area (Å²) < 4.78 is 0. The molecule has 0 fully saturated rings. The molecule has 0 aromatic heterocycles. The van der Waals surface area contributed by atoms with E-state index in [2.05, 4.69) is 28.8 Å². The summed E-state index contributed by atoms with van der Waals surface area (Å²) in [7, 11) is 0. The molecule has 0 saturated carbocycles. The summed E-state index contributed by atoms with van der Waals surface area (Å²) in [5.41, 5.74) is 4.12. The summed E-state index contributed by atoms with van der Waals surface area (Å²) in [6, 6.07) is 31.5. The average molecular weight is 366 g/mol. The Morgan fingerprint density at radius 2 is 1.04 bits per heavy atom. The van der Waals surface area contributed by atoms with Crippen molar-refractivity contribution in [1.29, 1.82) is 10.5 Å². The lowest BCUT2D eigenvalue weighted by molar-refractivity contribution is 0.621. The van der Waals surface area contributed by atoms with Crippen molar-refractivity contribution in [3.05, 3.63) is 107 Å². The molecular weight excluding hydrogens is 344 g/mol.